The summed E-state index contributed by atoms with van der Waals surface area (Å²) in [6.45, 7) is 1.47. The molecule has 0 saturated carbocycles. The molecule has 1 aliphatic rings. The van der Waals surface area contributed by atoms with E-state index in [4.69, 9.17) is 5.73 Å². The molecule has 2 aromatic rings. The second-order valence-electron chi connectivity index (χ2n) is 4.90. The Morgan fingerprint density at radius 2 is 1.77 bits per heavy atom. The van der Waals surface area contributed by atoms with Gasteiger partial charge in [-0.3, -0.25) is 14.4 Å². The maximum Gasteiger partial charge on any atom is 0.256 e. The van der Waals surface area contributed by atoms with Crippen LogP contribution < -0.4 is 11.1 Å². The van der Waals surface area contributed by atoms with Crippen LogP contribution in [0.1, 0.15) is 38.0 Å². The van der Waals surface area contributed by atoms with Crippen molar-refractivity contribution >= 4 is 35.0 Å². The van der Waals surface area contributed by atoms with Gasteiger partial charge in [-0.1, -0.05) is 17.8 Å². The first-order valence-electron chi connectivity index (χ1n) is 6.54. The van der Waals surface area contributed by atoms with Gasteiger partial charge in [0.25, 0.3) is 5.91 Å². The molecule has 110 valence electrons. The first-order chi connectivity index (χ1) is 10.5. The topological polar surface area (TPSA) is 89.3 Å². The number of amides is 2. The second-order valence-corrected chi connectivity index (χ2v) is 5.98. The fourth-order valence-electron chi connectivity index (χ4n) is 2.19. The SMILES string of the molecule is CC(=O)c1ccc2c(c1)NC(=O)c1ccc(C(N)=O)cc1S2. The van der Waals surface area contributed by atoms with E-state index in [-0.39, 0.29) is 11.7 Å². The van der Waals surface area contributed by atoms with E-state index < -0.39 is 5.91 Å². The van der Waals surface area contributed by atoms with Crippen LogP contribution in [-0.2, 0) is 0 Å². The highest BCUT2D eigenvalue weighted by Gasteiger charge is 2.21. The Morgan fingerprint density at radius 1 is 1.05 bits per heavy atom. The van der Waals surface area contributed by atoms with Crippen LogP contribution in [0.4, 0.5) is 5.69 Å². The Balaban J connectivity index is 2.11. The molecular formula is C16H12N2O3S. The number of hydrogen-bond donors (Lipinski definition) is 2. The molecule has 0 aliphatic carbocycles. The summed E-state index contributed by atoms with van der Waals surface area (Å²) in [7, 11) is 0. The molecule has 0 fully saturated rings. The standard InChI is InChI=1S/C16H12N2O3S/c1-8(19)9-3-5-13-12(6-9)18-16(21)11-4-2-10(15(17)20)7-14(11)22-13/h2-7H,1H3,(H2,17,20)(H,18,21). The summed E-state index contributed by atoms with van der Waals surface area (Å²) < 4.78 is 0. The van der Waals surface area contributed by atoms with Gasteiger partial charge in [0.15, 0.2) is 5.78 Å². The van der Waals surface area contributed by atoms with E-state index >= 15 is 0 Å². The Labute approximate surface area is 130 Å². The molecule has 0 aromatic heterocycles. The first-order valence-corrected chi connectivity index (χ1v) is 7.35. The zero-order chi connectivity index (χ0) is 15.9. The van der Waals surface area contributed by atoms with Gasteiger partial charge in [0.05, 0.1) is 11.3 Å². The zero-order valence-electron chi connectivity index (χ0n) is 11.7. The van der Waals surface area contributed by atoms with E-state index in [0.717, 1.165) is 4.90 Å². The third kappa shape index (κ3) is 2.48. The number of anilines is 1. The van der Waals surface area contributed by atoms with Crippen LogP contribution in [0.3, 0.4) is 0 Å². The van der Waals surface area contributed by atoms with Gasteiger partial charge in [0.2, 0.25) is 5.91 Å². The molecule has 2 amide bonds. The highest BCUT2D eigenvalue weighted by molar-refractivity contribution is 7.99. The molecule has 3 rings (SSSR count). The molecule has 5 nitrogen and oxygen atoms in total. The number of carbonyl (C=O) groups is 3. The molecular weight excluding hydrogens is 300 g/mol. The number of hydrogen-bond acceptors (Lipinski definition) is 4. The smallest absolute Gasteiger partial charge is 0.256 e. The summed E-state index contributed by atoms with van der Waals surface area (Å²) in [5.41, 5.74) is 7.21. The number of ketones is 1. The van der Waals surface area contributed by atoms with Gasteiger partial charge in [-0.05, 0) is 37.3 Å². The van der Waals surface area contributed by atoms with Gasteiger partial charge >= 0.3 is 0 Å². The summed E-state index contributed by atoms with van der Waals surface area (Å²) in [6, 6.07) is 9.86. The molecule has 0 atom stereocenters. The number of benzene rings is 2. The fraction of sp³-hybridized carbons (Fsp3) is 0.0625. The molecule has 0 unspecified atom stereocenters. The highest BCUT2D eigenvalue weighted by Crippen LogP contribution is 2.39. The number of Topliss-reactive ketones (excluding diaryl/α,β-unsaturated/α-hetero) is 1. The van der Waals surface area contributed by atoms with Crippen LogP contribution in [0.25, 0.3) is 0 Å². The zero-order valence-corrected chi connectivity index (χ0v) is 12.5. The van der Waals surface area contributed by atoms with Gasteiger partial charge in [-0.2, -0.15) is 0 Å². The number of nitrogens with one attached hydrogen (secondary N) is 1. The predicted molar refractivity (Wildman–Crippen MR) is 83.5 cm³/mol. The molecule has 22 heavy (non-hydrogen) atoms. The van der Waals surface area contributed by atoms with Crippen molar-refractivity contribution in [1.29, 1.82) is 0 Å². The van der Waals surface area contributed by atoms with Crippen LogP contribution in [0.5, 0.6) is 0 Å². The number of nitrogens with two attached hydrogens (primary N) is 1. The van der Waals surface area contributed by atoms with E-state index in [0.29, 0.717) is 27.3 Å². The molecule has 0 saturated heterocycles. The molecule has 3 N–H and O–H groups in total. The van der Waals surface area contributed by atoms with Crippen molar-refractivity contribution < 1.29 is 14.4 Å². The van der Waals surface area contributed by atoms with Crippen LogP contribution in [-0.4, -0.2) is 17.6 Å². The summed E-state index contributed by atoms with van der Waals surface area (Å²) in [4.78, 5) is 36.5. The van der Waals surface area contributed by atoms with E-state index in [2.05, 4.69) is 5.32 Å². The fourth-order valence-corrected chi connectivity index (χ4v) is 3.24. The number of primary amides is 1. The lowest BCUT2D eigenvalue weighted by molar-refractivity contribution is 0.0993. The summed E-state index contributed by atoms with van der Waals surface area (Å²) in [6.07, 6.45) is 0. The van der Waals surface area contributed by atoms with Crippen molar-refractivity contribution in [2.24, 2.45) is 5.73 Å². The minimum atomic E-state index is -0.541. The molecule has 2 aromatic carbocycles. The average molecular weight is 312 g/mol. The largest absolute Gasteiger partial charge is 0.366 e. The summed E-state index contributed by atoms with van der Waals surface area (Å²) in [5.74, 6) is -0.891. The Morgan fingerprint density at radius 3 is 2.45 bits per heavy atom. The monoisotopic (exact) mass is 312 g/mol. The maximum absolute atomic E-state index is 12.3. The molecule has 1 aliphatic heterocycles. The van der Waals surface area contributed by atoms with Crippen LogP contribution in [0.2, 0.25) is 0 Å². The number of rotatable bonds is 2. The lowest BCUT2D eigenvalue weighted by atomic mass is 10.1. The molecule has 0 bridgehead atoms. The second kappa shape index (κ2) is 5.31. The minimum absolute atomic E-state index is 0.0696. The lowest BCUT2D eigenvalue weighted by Gasteiger charge is -2.07. The third-order valence-electron chi connectivity index (χ3n) is 3.36. The van der Waals surface area contributed by atoms with Gasteiger partial charge in [-0.25, -0.2) is 0 Å². The first kappa shape index (κ1) is 14.3. The normalized spacial score (nSPS) is 12.7. The Bertz CT molecular complexity index is 830. The van der Waals surface area contributed by atoms with Gasteiger partial charge < -0.3 is 11.1 Å². The number of carbonyl (C=O) groups excluding carboxylic acids is 3. The van der Waals surface area contributed by atoms with Crippen LogP contribution >= 0.6 is 11.8 Å². The Kier molecular flexibility index (Phi) is 3.46. The predicted octanol–water partition coefficient (Wildman–Crippen LogP) is 2.71. The van der Waals surface area contributed by atoms with Crippen molar-refractivity contribution in [1.82, 2.24) is 0 Å². The van der Waals surface area contributed by atoms with Crippen molar-refractivity contribution in [2.75, 3.05) is 5.32 Å². The maximum atomic E-state index is 12.3. The quantitative estimate of drug-likeness (QED) is 0.834. The highest BCUT2D eigenvalue weighted by atomic mass is 32.2. The molecule has 1 heterocycles. The van der Waals surface area contributed by atoms with Crippen LogP contribution in [0.15, 0.2) is 46.2 Å². The number of fused-ring (bicyclic) bond motifs is 2. The van der Waals surface area contributed by atoms with Gasteiger partial charge in [0.1, 0.15) is 0 Å². The summed E-state index contributed by atoms with van der Waals surface area (Å²) >= 11 is 1.36. The van der Waals surface area contributed by atoms with E-state index in [1.807, 2.05) is 0 Å². The molecule has 0 radical (unpaired) electrons. The van der Waals surface area contributed by atoms with E-state index in [1.54, 1.807) is 30.3 Å². The molecule has 0 spiro atoms. The van der Waals surface area contributed by atoms with Crippen LogP contribution in [0, 0.1) is 0 Å². The van der Waals surface area contributed by atoms with Gasteiger partial charge in [0, 0.05) is 20.9 Å². The lowest BCUT2D eigenvalue weighted by Crippen LogP contribution is -2.14. The van der Waals surface area contributed by atoms with Crippen molar-refractivity contribution in [3.05, 3.63) is 53.1 Å². The third-order valence-corrected chi connectivity index (χ3v) is 4.50. The van der Waals surface area contributed by atoms with Gasteiger partial charge in [-0.15, -0.1) is 0 Å². The van der Waals surface area contributed by atoms with Crippen molar-refractivity contribution in [3.63, 3.8) is 0 Å². The Hall–Kier alpha value is -2.60. The summed E-state index contributed by atoms with van der Waals surface area (Å²) in [5, 5.41) is 2.79. The average Bonchev–Trinajstić information content (AvgIpc) is 2.61. The van der Waals surface area contributed by atoms with E-state index in [1.165, 1.54) is 24.8 Å². The molecule has 6 heteroatoms. The van der Waals surface area contributed by atoms with E-state index in [9.17, 15) is 14.4 Å². The minimum Gasteiger partial charge on any atom is -0.366 e. The van der Waals surface area contributed by atoms with Crippen molar-refractivity contribution in [2.45, 2.75) is 16.7 Å². The van der Waals surface area contributed by atoms with Crippen molar-refractivity contribution in [3.8, 4) is 0 Å².